The van der Waals surface area contributed by atoms with E-state index in [0.717, 1.165) is 36.3 Å². The van der Waals surface area contributed by atoms with Crippen LogP contribution in [0.4, 0.5) is 11.4 Å². The van der Waals surface area contributed by atoms with Crippen molar-refractivity contribution in [3.63, 3.8) is 0 Å². The predicted octanol–water partition coefficient (Wildman–Crippen LogP) is 7.03. The maximum atomic E-state index is 5.96. The van der Waals surface area contributed by atoms with Gasteiger partial charge in [-0.25, -0.2) is 0 Å². The van der Waals surface area contributed by atoms with Crippen LogP contribution >= 0.6 is 0 Å². The number of fused-ring (bicyclic) bond motifs is 1. The summed E-state index contributed by atoms with van der Waals surface area (Å²) < 4.78 is 0. The Morgan fingerprint density at radius 3 is 2.15 bits per heavy atom. The molecule has 4 aromatic rings. The normalized spacial score (nSPS) is 10.5. The van der Waals surface area contributed by atoms with Gasteiger partial charge in [-0.05, 0) is 46.5 Å². The Bertz CT molecular complexity index is 1180. The van der Waals surface area contributed by atoms with E-state index < -0.39 is 0 Å². The number of nitrogen functional groups attached to an aromatic ring is 1. The number of hydrogen-bond acceptors (Lipinski definition) is 3. The number of aryl methyl sites for hydroxylation is 1. The average Bonchev–Trinajstić information content (AvgIpc) is 2.90. The highest BCUT2D eigenvalue weighted by Crippen LogP contribution is 2.21. The molecule has 0 amide bonds. The highest BCUT2D eigenvalue weighted by Gasteiger charge is 2.06. The summed E-state index contributed by atoms with van der Waals surface area (Å²) in [6, 6.07) is 30.8. The molecule has 0 atom stereocenters. The van der Waals surface area contributed by atoms with Crippen LogP contribution in [0.2, 0.25) is 0 Å². The fourth-order valence-corrected chi connectivity index (χ4v) is 3.65. The predicted molar refractivity (Wildman–Crippen MR) is 151 cm³/mol. The Kier molecular flexibility index (Phi) is 11.2. The minimum Gasteiger partial charge on any atom is -0.399 e. The molecule has 4 nitrogen and oxygen atoms in total. The molecule has 178 valence electrons. The van der Waals surface area contributed by atoms with E-state index in [0.29, 0.717) is 5.84 Å². The molecule has 0 aliphatic heterocycles. The number of rotatable bonds is 6. The number of nitrogens with one attached hydrogen (secondary N) is 1. The largest absolute Gasteiger partial charge is 0.399 e. The van der Waals surface area contributed by atoms with Gasteiger partial charge in [-0.15, -0.1) is 0 Å². The third-order valence-corrected chi connectivity index (χ3v) is 5.37. The lowest BCUT2D eigenvalue weighted by Gasteiger charge is -2.13. The highest BCUT2D eigenvalue weighted by atomic mass is 14.9. The zero-order chi connectivity index (χ0) is 24.8. The number of anilines is 2. The molecule has 0 aromatic heterocycles. The lowest BCUT2D eigenvalue weighted by atomic mass is 10.0. The molecule has 4 rings (SSSR count). The first-order valence-corrected chi connectivity index (χ1v) is 12.0. The van der Waals surface area contributed by atoms with Crippen LogP contribution in [0.1, 0.15) is 43.9 Å². The smallest absolute Gasteiger partial charge is 0.127 e. The number of nitrogens with zero attached hydrogens (tertiary/aromatic N) is 1. The Labute approximate surface area is 204 Å². The Morgan fingerprint density at radius 1 is 0.794 bits per heavy atom. The number of benzene rings is 4. The van der Waals surface area contributed by atoms with Crippen LogP contribution in [0.5, 0.6) is 0 Å². The minimum atomic E-state index is 0.543. The third kappa shape index (κ3) is 7.38. The van der Waals surface area contributed by atoms with Gasteiger partial charge in [0, 0.05) is 30.5 Å². The molecule has 4 aromatic carbocycles. The van der Waals surface area contributed by atoms with Crippen molar-refractivity contribution in [2.24, 2.45) is 10.7 Å². The van der Waals surface area contributed by atoms with Gasteiger partial charge >= 0.3 is 0 Å². The molecular weight excluding hydrogens is 416 g/mol. The van der Waals surface area contributed by atoms with Crippen molar-refractivity contribution >= 4 is 28.0 Å². The van der Waals surface area contributed by atoms with Crippen LogP contribution in [0, 0.1) is 0 Å². The number of hydrogen-bond donors (Lipinski definition) is 3. The van der Waals surface area contributed by atoms with Crippen LogP contribution in [-0.2, 0) is 13.0 Å². The van der Waals surface area contributed by atoms with Crippen LogP contribution in [0.3, 0.4) is 0 Å². The first kappa shape index (κ1) is 26.5. The zero-order valence-electron chi connectivity index (χ0n) is 20.9. The monoisotopic (exact) mass is 454 g/mol. The van der Waals surface area contributed by atoms with Crippen molar-refractivity contribution in [2.45, 2.75) is 40.2 Å². The minimum absolute atomic E-state index is 0.543. The average molecular weight is 455 g/mol. The van der Waals surface area contributed by atoms with E-state index in [4.69, 9.17) is 11.5 Å². The summed E-state index contributed by atoms with van der Waals surface area (Å²) in [6.07, 6.45) is 2.25. The Morgan fingerprint density at radius 2 is 1.41 bits per heavy atom. The summed E-state index contributed by atoms with van der Waals surface area (Å²) >= 11 is 0. The molecule has 0 aliphatic rings. The molecule has 5 N–H and O–H groups in total. The van der Waals surface area contributed by atoms with Crippen LogP contribution in [0.15, 0.2) is 96.0 Å². The van der Waals surface area contributed by atoms with Crippen molar-refractivity contribution in [3.05, 3.63) is 108 Å². The van der Waals surface area contributed by atoms with Crippen molar-refractivity contribution in [1.82, 2.24) is 0 Å². The fraction of sp³-hybridized carbons (Fsp3) is 0.233. The van der Waals surface area contributed by atoms with Gasteiger partial charge in [0.1, 0.15) is 5.84 Å². The van der Waals surface area contributed by atoms with E-state index in [1.165, 1.54) is 21.9 Å². The summed E-state index contributed by atoms with van der Waals surface area (Å²) in [4.78, 5) is 4.08. The first-order chi connectivity index (χ1) is 16.6. The molecule has 0 radical (unpaired) electrons. The summed E-state index contributed by atoms with van der Waals surface area (Å²) in [5.74, 6) is 0.543. The maximum absolute atomic E-state index is 5.96. The maximum Gasteiger partial charge on any atom is 0.127 e. The van der Waals surface area contributed by atoms with Gasteiger partial charge in [0.25, 0.3) is 0 Å². The number of aliphatic imine (C=N–C) groups is 1. The third-order valence-electron chi connectivity index (χ3n) is 5.37. The van der Waals surface area contributed by atoms with Crippen LogP contribution in [0.25, 0.3) is 10.8 Å². The number of para-hydroxylation sites is 2. The summed E-state index contributed by atoms with van der Waals surface area (Å²) in [5.41, 5.74) is 17.1. The van der Waals surface area contributed by atoms with E-state index in [1.807, 2.05) is 56.3 Å². The second kappa shape index (κ2) is 14.4. The molecule has 0 saturated heterocycles. The Balaban J connectivity index is 0.000000286. The molecule has 0 fully saturated rings. The highest BCUT2D eigenvalue weighted by molar-refractivity contribution is 6.02. The van der Waals surface area contributed by atoms with Gasteiger partial charge < -0.3 is 16.8 Å². The van der Waals surface area contributed by atoms with Crippen LogP contribution in [-0.4, -0.2) is 12.9 Å². The number of amidine groups is 1. The number of nitrogens with two attached hydrogens (primary N) is 2. The fourth-order valence-electron chi connectivity index (χ4n) is 3.65. The van der Waals surface area contributed by atoms with Gasteiger partial charge in [0.05, 0.1) is 0 Å². The van der Waals surface area contributed by atoms with E-state index in [-0.39, 0.29) is 0 Å². The summed E-state index contributed by atoms with van der Waals surface area (Å²) in [6.45, 7) is 6.90. The van der Waals surface area contributed by atoms with Gasteiger partial charge in [0.15, 0.2) is 0 Å². The molecule has 0 aliphatic carbocycles. The lowest BCUT2D eigenvalue weighted by molar-refractivity contribution is 0.924. The van der Waals surface area contributed by atoms with E-state index >= 15 is 0 Å². The standard InChI is InChI=1S/C19H19N3.C9H13N.C2H6/c1-21-19(20)17-11-4-5-12-18(17)22-13-15-9-6-8-14-7-2-3-10-16(14)15;1-2-5-8-6-3-4-7-9(8)10;1-2/h2-12,22H,13H2,1H3,(H2,20,21);3-4,6-7H,2,5,10H2,1H3;1-2H3. The molecule has 34 heavy (non-hydrogen) atoms. The van der Waals surface area contributed by atoms with E-state index in [9.17, 15) is 0 Å². The second-order valence-corrected chi connectivity index (χ2v) is 7.60. The second-order valence-electron chi connectivity index (χ2n) is 7.60. The molecule has 0 bridgehead atoms. The molecule has 0 saturated carbocycles. The lowest BCUT2D eigenvalue weighted by Crippen LogP contribution is -2.15. The molecule has 4 heteroatoms. The van der Waals surface area contributed by atoms with Gasteiger partial charge in [0.2, 0.25) is 0 Å². The van der Waals surface area contributed by atoms with Crippen molar-refractivity contribution in [1.29, 1.82) is 0 Å². The first-order valence-electron chi connectivity index (χ1n) is 12.0. The van der Waals surface area contributed by atoms with E-state index in [2.05, 4.69) is 65.8 Å². The van der Waals surface area contributed by atoms with Crippen molar-refractivity contribution in [3.8, 4) is 0 Å². The van der Waals surface area contributed by atoms with Gasteiger partial charge in [-0.2, -0.15) is 0 Å². The summed E-state index contributed by atoms with van der Waals surface area (Å²) in [7, 11) is 1.71. The van der Waals surface area contributed by atoms with Crippen molar-refractivity contribution in [2.75, 3.05) is 18.1 Å². The topological polar surface area (TPSA) is 76.4 Å². The van der Waals surface area contributed by atoms with Crippen molar-refractivity contribution < 1.29 is 0 Å². The molecule has 0 unspecified atom stereocenters. The SMILES string of the molecule is CC.CCCc1ccccc1N.CN=C(N)c1ccccc1NCc1cccc2ccccc12. The van der Waals surface area contributed by atoms with Crippen LogP contribution < -0.4 is 16.8 Å². The van der Waals surface area contributed by atoms with Gasteiger partial charge in [-0.3, -0.25) is 4.99 Å². The molecule has 0 heterocycles. The quantitative estimate of drug-likeness (QED) is 0.166. The Hall–Kier alpha value is -3.79. The zero-order valence-corrected chi connectivity index (χ0v) is 20.9. The molecular formula is C30H38N4. The van der Waals surface area contributed by atoms with Gasteiger partial charge in [-0.1, -0.05) is 100.0 Å². The molecule has 0 spiro atoms. The summed E-state index contributed by atoms with van der Waals surface area (Å²) in [5, 5.41) is 6.00. The van der Waals surface area contributed by atoms with E-state index in [1.54, 1.807) is 7.05 Å².